The molecule has 106 heavy (non-hydrogen) atoms. The molecule has 2 aromatic carbocycles. The Morgan fingerprint density at radius 1 is 0.623 bits per heavy atom. The highest BCUT2D eigenvalue weighted by Crippen LogP contribution is 2.42. The molecule has 2 aliphatic rings. The summed E-state index contributed by atoms with van der Waals surface area (Å²) in [5, 5.41) is 14.8. The van der Waals surface area contributed by atoms with Crippen LogP contribution in [0.3, 0.4) is 0 Å². The van der Waals surface area contributed by atoms with Gasteiger partial charge in [-0.3, -0.25) is 62.5 Å². The Morgan fingerprint density at radius 3 is 1.88 bits per heavy atom. The number of nitrogens with two attached hydrogens (primary N) is 3. The molecule has 5 aromatic heterocycles. The molecule has 6 heterocycles. The molecule has 7 aromatic rings. The van der Waals surface area contributed by atoms with E-state index in [1.165, 1.54) is 28.7 Å². The number of rotatable bonds is 36. The molecular weight excluding hydrogens is 1380 g/mol. The van der Waals surface area contributed by atoms with Gasteiger partial charge in [-0.1, -0.05) is 18.2 Å². The molecule has 0 radical (unpaired) electrons. The summed E-state index contributed by atoms with van der Waals surface area (Å²) in [6.07, 6.45) is 3.91. The largest absolute Gasteiger partial charge is 0.456 e. The maximum Gasteiger partial charge on any atom is 0.407 e. The number of nitrogens with one attached hydrogen (secondary N) is 7. The van der Waals surface area contributed by atoms with Crippen molar-refractivity contribution in [3.05, 3.63) is 134 Å². The number of aromatic amines is 2. The van der Waals surface area contributed by atoms with E-state index >= 15 is 0 Å². The minimum Gasteiger partial charge on any atom is -0.456 e. The first-order valence-electron chi connectivity index (χ1n) is 34.0. The molecule has 0 bridgehead atoms. The molecule has 1 aliphatic heterocycles. The third kappa shape index (κ3) is 19.8. The summed E-state index contributed by atoms with van der Waals surface area (Å²) in [5.41, 5.74) is 19.5. The molecular formula is C68H84N23O15+. The van der Waals surface area contributed by atoms with Crippen molar-refractivity contribution in [1.82, 2.24) is 94.4 Å². The van der Waals surface area contributed by atoms with E-state index in [1.54, 1.807) is 12.1 Å². The van der Waals surface area contributed by atoms with Gasteiger partial charge in [0.15, 0.2) is 22.6 Å². The predicted octanol–water partition coefficient (Wildman–Crippen LogP) is -2.35. The van der Waals surface area contributed by atoms with Crippen molar-refractivity contribution in [3.8, 4) is 22.5 Å². The maximum absolute atomic E-state index is 14.1. The van der Waals surface area contributed by atoms with Crippen LogP contribution in [0, 0.1) is 6.92 Å². The van der Waals surface area contributed by atoms with Gasteiger partial charge in [-0.15, -0.1) is 0 Å². The highest BCUT2D eigenvalue weighted by Gasteiger charge is 2.27. The molecule has 9 amide bonds. The lowest BCUT2D eigenvalue weighted by molar-refractivity contribution is -0.138. The Bertz CT molecular complexity index is 4970. The summed E-state index contributed by atoms with van der Waals surface area (Å²) in [6, 6.07) is 19.7. The van der Waals surface area contributed by atoms with Gasteiger partial charge in [-0.05, 0) is 64.4 Å². The molecule has 560 valence electrons. The second-order valence-corrected chi connectivity index (χ2v) is 24.0. The van der Waals surface area contributed by atoms with Gasteiger partial charge in [-0.25, -0.2) is 34.1 Å². The van der Waals surface area contributed by atoms with E-state index in [-0.39, 0.29) is 111 Å². The van der Waals surface area contributed by atoms with Crippen LogP contribution in [0.1, 0.15) is 43.6 Å². The fourth-order valence-electron chi connectivity index (χ4n) is 11.6. The van der Waals surface area contributed by atoms with Crippen molar-refractivity contribution in [2.24, 2.45) is 5.73 Å². The zero-order chi connectivity index (χ0) is 76.1. The van der Waals surface area contributed by atoms with Gasteiger partial charge >= 0.3 is 11.8 Å². The number of nitrogens with zero attached hydrogens (tertiary/aromatic N) is 13. The number of carbonyl (C=O) groups excluding carboxylic acids is 9. The highest BCUT2D eigenvalue weighted by atomic mass is 16.6. The summed E-state index contributed by atoms with van der Waals surface area (Å²) < 4.78 is 23.5. The molecule has 0 saturated heterocycles. The van der Waals surface area contributed by atoms with Crippen LogP contribution in [0.4, 0.5) is 22.2 Å². The first kappa shape index (κ1) is 77.3. The van der Waals surface area contributed by atoms with Gasteiger partial charge in [0.2, 0.25) is 52.7 Å². The molecule has 0 atom stereocenters. The molecule has 0 spiro atoms. The molecule has 38 nitrogen and oxygen atoms in total. The Kier molecular flexibility index (Phi) is 26.5. The fourth-order valence-corrected chi connectivity index (χ4v) is 11.6. The van der Waals surface area contributed by atoms with Gasteiger partial charge in [0.25, 0.3) is 17.0 Å². The number of anilines is 3. The van der Waals surface area contributed by atoms with Gasteiger partial charge in [0.05, 0.1) is 58.1 Å². The number of H-pyrrole nitrogens is 2. The number of fused-ring (bicyclic) bond motifs is 4. The average Bonchev–Trinajstić information content (AvgIpc) is 1.14. The lowest BCUT2D eigenvalue weighted by atomic mass is 9.90. The Balaban J connectivity index is 0.795. The third-order valence-electron chi connectivity index (χ3n) is 17.0. The van der Waals surface area contributed by atoms with Crippen LogP contribution in [0.5, 0.6) is 0 Å². The SMILES string of the molecule is CCN(CC)c1ccc2c(-c3ccccc3C(=O)NCCOCCOC(=O)NCCN(CC(=O)NCCN(CC(=O)NCCN(CC(=O)NCC(N)=O)C(=O)Cn3cnc4c(=O)[nH]c(N)nc43)C(=O)Cn3cc(C)c(=O)[nH]c3=O)C(=O)Cn3cnc4c(N)ncnc43)c3ccc(=[N+](CC)CC)cc-3oc2c1. The van der Waals surface area contributed by atoms with Crippen LogP contribution in [0.15, 0.2) is 105 Å². The number of hydrogen-bond acceptors (Lipinski definition) is 23. The minimum absolute atomic E-state index is 0.0445. The van der Waals surface area contributed by atoms with Crippen molar-refractivity contribution >= 4 is 104 Å². The van der Waals surface area contributed by atoms with Crippen LogP contribution >= 0.6 is 0 Å². The topological polar surface area (TPSA) is 501 Å². The van der Waals surface area contributed by atoms with Crippen molar-refractivity contribution < 1.29 is 57.0 Å². The number of primary amides is 1. The van der Waals surface area contributed by atoms with Crippen LogP contribution in [-0.2, 0) is 62.7 Å². The van der Waals surface area contributed by atoms with E-state index in [4.69, 9.17) is 31.1 Å². The van der Waals surface area contributed by atoms with Gasteiger partial charge in [0.1, 0.15) is 62.5 Å². The van der Waals surface area contributed by atoms with Gasteiger partial charge < -0.3 is 86.4 Å². The van der Waals surface area contributed by atoms with Crippen molar-refractivity contribution in [2.75, 3.05) is 134 Å². The average molecular weight is 1460 g/mol. The first-order chi connectivity index (χ1) is 51.0. The number of alkyl carbamates (subject to hydrolysis) is 1. The summed E-state index contributed by atoms with van der Waals surface area (Å²) in [4.78, 5) is 188. The molecule has 9 rings (SSSR count). The van der Waals surface area contributed by atoms with Crippen molar-refractivity contribution in [3.63, 3.8) is 0 Å². The summed E-state index contributed by atoms with van der Waals surface area (Å²) >= 11 is 0. The van der Waals surface area contributed by atoms with E-state index in [1.807, 2.05) is 36.4 Å². The monoisotopic (exact) mass is 1460 g/mol. The number of hydrogen-bond donors (Lipinski definition) is 10. The lowest BCUT2D eigenvalue weighted by Crippen LogP contribution is -2.50. The molecule has 0 fully saturated rings. The Morgan fingerprint density at radius 2 is 1.24 bits per heavy atom. The molecule has 0 unspecified atom stereocenters. The lowest BCUT2D eigenvalue weighted by Gasteiger charge is -2.25. The molecule has 38 heteroatoms. The fraction of sp³-hybridized carbons (Fsp3) is 0.382. The second kappa shape index (κ2) is 36.3. The molecule has 0 saturated carbocycles. The van der Waals surface area contributed by atoms with E-state index in [2.05, 4.69) is 111 Å². The van der Waals surface area contributed by atoms with Crippen LogP contribution < -0.4 is 75.4 Å². The maximum atomic E-state index is 14.1. The minimum atomic E-state index is -0.936. The second-order valence-electron chi connectivity index (χ2n) is 24.0. The summed E-state index contributed by atoms with van der Waals surface area (Å²) in [5.74, 6) is -5.33. The number of aryl methyl sites for hydroxylation is 1. The van der Waals surface area contributed by atoms with Gasteiger partial charge in [0, 0.05) is 111 Å². The van der Waals surface area contributed by atoms with E-state index in [9.17, 15) is 57.5 Å². The number of aromatic nitrogens is 10. The van der Waals surface area contributed by atoms with Gasteiger partial charge in [-0.2, -0.15) is 4.98 Å². The highest BCUT2D eigenvalue weighted by molar-refractivity contribution is 6.09. The molecule has 13 N–H and O–H groups in total. The zero-order valence-electron chi connectivity index (χ0n) is 59.1. The van der Waals surface area contributed by atoms with E-state index < -0.39 is 110 Å². The summed E-state index contributed by atoms with van der Waals surface area (Å²) in [7, 11) is 0. The number of carbonyl (C=O) groups is 9. The quantitative estimate of drug-likeness (QED) is 0.0112. The van der Waals surface area contributed by atoms with Crippen molar-refractivity contribution in [1.29, 1.82) is 0 Å². The number of amides is 9. The standard InChI is InChI=1S/C68H83N23O15/c1-6-84(7-2)42-14-16-46-48(28-42)106-49-29-43(85(8-3)9-4)15-17-47(49)57(46)44-12-10-11-13-45(44)64(100)74-21-25-104-26-27-105-68(103)75-20-24-88(55(97)36-90-39-79-58-60(70)77-38-78-61(58)90)33-52(94)72-18-22-86(54(96)35-89-31-41(5)63(99)83-67(89)102)32-51(93)73-19-23-87(34-53(95)76-30-50(69)92)56(98)37-91-40-80-59-62(91)81-66(71)82-65(59)101/h10-17,28-29,31,38-40H,6-9,18-27,30,32-37H2,1-5H3,(H12-,69,70,71,72,73,74,75,76,77,78,81,82,83,92,93,94,95,99,100,101,102,103)/p+1. The third-order valence-corrected chi connectivity index (χ3v) is 17.0. The van der Waals surface area contributed by atoms with Crippen LogP contribution in [-0.4, -0.2) is 235 Å². The molecule has 1 aliphatic carbocycles. The van der Waals surface area contributed by atoms with E-state index in [0.717, 1.165) is 85.5 Å². The first-order valence-corrected chi connectivity index (χ1v) is 34.0. The number of nitrogen functional groups attached to an aromatic ring is 2. The predicted molar refractivity (Wildman–Crippen MR) is 387 cm³/mol. The number of benzene rings is 3. The van der Waals surface area contributed by atoms with Crippen molar-refractivity contribution in [2.45, 2.75) is 54.3 Å². The van der Waals surface area contributed by atoms with Crippen LogP contribution in [0.25, 0.3) is 55.7 Å². The smallest absolute Gasteiger partial charge is 0.407 e. The Labute approximate surface area is 603 Å². The summed E-state index contributed by atoms with van der Waals surface area (Å²) in [6.45, 7) is 6.98. The Hall–Kier alpha value is -12.9. The normalized spacial score (nSPS) is 11.1. The zero-order valence-corrected chi connectivity index (χ0v) is 59.1. The number of ether oxygens (including phenoxy) is 2. The van der Waals surface area contributed by atoms with Crippen LogP contribution in [0.2, 0.25) is 0 Å². The van der Waals surface area contributed by atoms with E-state index in [0.29, 0.717) is 22.5 Å². The number of imidazole rings is 2.